The summed E-state index contributed by atoms with van der Waals surface area (Å²) in [5.74, 6) is -1.42. The van der Waals surface area contributed by atoms with Gasteiger partial charge in [-0.25, -0.2) is 0 Å². The van der Waals surface area contributed by atoms with E-state index in [1.807, 2.05) is 12.1 Å². The Bertz CT molecular complexity index is 1570. The van der Waals surface area contributed by atoms with Crippen LogP contribution in [0.3, 0.4) is 0 Å². The highest BCUT2D eigenvalue weighted by Crippen LogP contribution is 2.35. The van der Waals surface area contributed by atoms with Crippen LogP contribution in [0.5, 0.6) is 5.75 Å². The van der Waals surface area contributed by atoms with E-state index in [9.17, 15) is 14.4 Å². The van der Waals surface area contributed by atoms with Crippen molar-refractivity contribution in [2.24, 2.45) is 5.73 Å². The fraction of sp³-hybridized carbons (Fsp3) is 0.250. The molecular weight excluding hydrogens is 532 g/mol. The molecule has 206 valence electrons. The molecule has 3 heterocycles. The predicted molar refractivity (Wildman–Crippen MR) is 151 cm³/mol. The number of carbonyl (C=O) groups is 3. The maximum Gasteiger partial charge on any atom is 0.273 e. The number of ether oxygens (including phenoxy) is 2. The first-order chi connectivity index (χ1) is 19.4. The third kappa shape index (κ3) is 5.44. The van der Waals surface area contributed by atoms with E-state index in [-0.39, 0.29) is 22.4 Å². The maximum atomic E-state index is 14.3. The van der Waals surface area contributed by atoms with Crippen molar-refractivity contribution in [1.82, 2.24) is 14.7 Å². The number of aromatic nitrogens is 2. The van der Waals surface area contributed by atoms with Gasteiger partial charge in [0, 0.05) is 36.5 Å². The largest absolute Gasteiger partial charge is 0.497 e. The molecule has 1 fully saturated rings. The third-order valence-electron chi connectivity index (χ3n) is 6.68. The number of nitrogens with zero attached hydrogens (tertiary/aromatic N) is 3. The smallest absolute Gasteiger partial charge is 0.273 e. The van der Waals surface area contributed by atoms with E-state index in [0.717, 1.165) is 35.3 Å². The molecule has 12 heteroatoms. The van der Waals surface area contributed by atoms with Crippen LogP contribution in [-0.4, -0.2) is 53.4 Å². The van der Waals surface area contributed by atoms with Crippen molar-refractivity contribution in [2.75, 3.05) is 30.9 Å². The molecule has 40 heavy (non-hydrogen) atoms. The first kappa shape index (κ1) is 27.0. The van der Waals surface area contributed by atoms with Crippen molar-refractivity contribution >= 4 is 51.5 Å². The Hall–Kier alpha value is -4.55. The number of rotatable bonds is 9. The molecule has 3 amide bonds. The summed E-state index contributed by atoms with van der Waals surface area (Å²) in [7, 11) is 1.51. The van der Waals surface area contributed by atoms with Crippen LogP contribution in [0.2, 0.25) is 0 Å². The molecule has 0 unspecified atom stereocenters. The van der Waals surface area contributed by atoms with Gasteiger partial charge in [-0.15, -0.1) is 0 Å². The highest BCUT2D eigenvalue weighted by Gasteiger charge is 2.36. The van der Waals surface area contributed by atoms with E-state index < -0.39 is 23.8 Å². The molecule has 1 aliphatic heterocycles. The number of fused-ring (bicyclic) bond motifs is 1. The molecule has 1 aliphatic rings. The minimum absolute atomic E-state index is 0.0176. The van der Waals surface area contributed by atoms with Gasteiger partial charge in [-0.3, -0.25) is 24.3 Å². The van der Waals surface area contributed by atoms with Gasteiger partial charge in [0.05, 0.1) is 24.4 Å². The van der Waals surface area contributed by atoms with Gasteiger partial charge >= 0.3 is 0 Å². The van der Waals surface area contributed by atoms with E-state index in [2.05, 4.69) is 14.7 Å². The summed E-state index contributed by atoms with van der Waals surface area (Å²) in [4.78, 5) is 45.8. The van der Waals surface area contributed by atoms with Crippen molar-refractivity contribution in [3.63, 3.8) is 0 Å². The van der Waals surface area contributed by atoms with E-state index in [4.69, 9.17) is 20.9 Å². The van der Waals surface area contributed by atoms with Gasteiger partial charge in [-0.1, -0.05) is 18.2 Å². The number of methoxy groups -OCH3 is 1. The van der Waals surface area contributed by atoms with Gasteiger partial charge in [0.2, 0.25) is 5.91 Å². The number of benzene rings is 2. The lowest BCUT2D eigenvalue weighted by Crippen LogP contribution is -2.45. The fourth-order valence-electron chi connectivity index (χ4n) is 4.68. The second-order valence-electron chi connectivity index (χ2n) is 9.25. The predicted octanol–water partition coefficient (Wildman–Crippen LogP) is 3.06. The summed E-state index contributed by atoms with van der Waals surface area (Å²) >= 11 is 0.746. The quantitative estimate of drug-likeness (QED) is 0.281. The molecule has 0 bridgehead atoms. The lowest BCUT2D eigenvalue weighted by Gasteiger charge is -2.32. The van der Waals surface area contributed by atoms with Gasteiger partial charge in [0.25, 0.3) is 11.8 Å². The number of amides is 3. The number of primary amides is 1. The molecule has 0 saturated carbocycles. The standard InChI is InChI=1S/C28H28N6O5S/c1-38-19-7-2-6-18(14-19)34(28(37)25-22(29)23(26(30)35)33-40-25)24(27(36)32-15-20-8-4-12-39-20)17-9-10-21-16(13-17)5-3-11-31-21/h2-3,5-7,9-11,13-14,20,24H,4,8,12,15,29H2,1H3,(H2,30,35)(H,32,36)/t20-,24+/m0/s1. The number of nitrogen functional groups attached to an aromatic ring is 1. The topological polar surface area (TPSA) is 163 Å². The molecule has 0 spiro atoms. The van der Waals surface area contributed by atoms with Crippen LogP contribution < -0.4 is 26.4 Å². The second-order valence-corrected chi connectivity index (χ2v) is 10.0. The van der Waals surface area contributed by atoms with Crippen LogP contribution in [0.4, 0.5) is 11.4 Å². The molecule has 0 radical (unpaired) electrons. The van der Waals surface area contributed by atoms with Crippen LogP contribution in [0.1, 0.15) is 44.6 Å². The van der Waals surface area contributed by atoms with Gasteiger partial charge in [0.1, 0.15) is 16.7 Å². The molecule has 2 atom stereocenters. The first-order valence-corrected chi connectivity index (χ1v) is 13.4. The Morgan fingerprint density at radius 2 is 2.05 bits per heavy atom. The van der Waals surface area contributed by atoms with Gasteiger partial charge in [0.15, 0.2) is 5.69 Å². The summed E-state index contributed by atoms with van der Waals surface area (Å²) < 4.78 is 15.1. The molecule has 2 aromatic carbocycles. The Labute approximate surface area is 234 Å². The summed E-state index contributed by atoms with van der Waals surface area (Å²) in [6.07, 6.45) is 3.33. The Morgan fingerprint density at radius 3 is 2.77 bits per heavy atom. The van der Waals surface area contributed by atoms with Crippen LogP contribution in [0.15, 0.2) is 60.8 Å². The summed E-state index contributed by atoms with van der Waals surface area (Å²) in [6.45, 7) is 0.933. The highest BCUT2D eigenvalue weighted by molar-refractivity contribution is 7.09. The zero-order chi connectivity index (χ0) is 28.2. The highest BCUT2D eigenvalue weighted by atomic mass is 32.1. The van der Waals surface area contributed by atoms with E-state index in [1.54, 1.807) is 48.7 Å². The molecule has 11 nitrogen and oxygen atoms in total. The fourth-order valence-corrected chi connectivity index (χ4v) is 5.42. The number of hydrogen-bond acceptors (Lipinski definition) is 9. The van der Waals surface area contributed by atoms with E-state index in [1.165, 1.54) is 12.0 Å². The lowest BCUT2D eigenvalue weighted by molar-refractivity contribution is -0.123. The molecule has 0 aliphatic carbocycles. The van der Waals surface area contributed by atoms with Crippen molar-refractivity contribution in [2.45, 2.75) is 25.0 Å². The third-order valence-corrected chi connectivity index (χ3v) is 7.53. The van der Waals surface area contributed by atoms with Crippen LogP contribution in [-0.2, 0) is 9.53 Å². The summed E-state index contributed by atoms with van der Waals surface area (Å²) in [5.41, 5.74) is 12.9. The van der Waals surface area contributed by atoms with Crippen LogP contribution in [0.25, 0.3) is 10.9 Å². The number of pyridine rings is 1. The zero-order valence-corrected chi connectivity index (χ0v) is 22.5. The van der Waals surface area contributed by atoms with Crippen LogP contribution >= 0.6 is 11.5 Å². The summed E-state index contributed by atoms with van der Waals surface area (Å²) in [5, 5.41) is 3.77. The number of carbonyl (C=O) groups excluding carboxylic acids is 3. The normalized spacial score (nSPS) is 15.5. The average Bonchev–Trinajstić information content (AvgIpc) is 3.63. The molecule has 4 aromatic rings. The Morgan fingerprint density at radius 1 is 1.20 bits per heavy atom. The van der Waals surface area contributed by atoms with Gasteiger partial charge < -0.3 is 26.3 Å². The Balaban J connectivity index is 1.65. The number of anilines is 2. The van der Waals surface area contributed by atoms with Gasteiger partial charge in [-0.05, 0) is 60.3 Å². The van der Waals surface area contributed by atoms with Crippen LogP contribution in [0, 0.1) is 0 Å². The van der Waals surface area contributed by atoms with Crippen molar-refractivity contribution in [1.29, 1.82) is 0 Å². The number of nitrogens with one attached hydrogen (secondary N) is 1. The number of nitrogens with two attached hydrogens (primary N) is 2. The molecule has 2 aromatic heterocycles. The molecule has 5 rings (SSSR count). The maximum absolute atomic E-state index is 14.3. The van der Waals surface area contributed by atoms with Gasteiger partial charge in [-0.2, -0.15) is 4.37 Å². The van der Waals surface area contributed by atoms with E-state index >= 15 is 0 Å². The molecular formula is C28H28N6O5S. The molecule has 5 N–H and O–H groups in total. The average molecular weight is 561 g/mol. The minimum Gasteiger partial charge on any atom is -0.497 e. The minimum atomic E-state index is -1.14. The Kier molecular flexibility index (Phi) is 7.89. The summed E-state index contributed by atoms with van der Waals surface area (Å²) in [6, 6.07) is 14.7. The lowest BCUT2D eigenvalue weighted by atomic mass is 10.00. The monoisotopic (exact) mass is 560 g/mol. The van der Waals surface area contributed by atoms with Crippen molar-refractivity contribution in [3.05, 3.63) is 76.9 Å². The first-order valence-electron chi connectivity index (χ1n) is 12.6. The van der Waals surface area contributed by atoms with Crippen molar-refractivity contribution < 1.29 is 23.9 Å². The van der Waals surface area contributed by atoms with Crippen molar-refractivity contribution in [3.8, 4) is 5.75 Å². The molecule has 1 saturated heterocycles. The number of hydrogen-bond donors (Lipinski definition) is 3. The zero-order valence-electron chi connectivity index (χ0n) is 21.7. The SMILES string of the molecule is COc1cccc(N(C(=O)c2snc(C(N)=O)c2N)[C@@H](C(=O)NC[C@@H]2CCCO2)c2ccc3ncccc3c2)c1. The second kappa shape index (κ2) is 11.7. The van der Waals surface area contributed by atoms with E-state index in [0.29, 0.717) is 30.2 Å².